The second kappa shape index (κ2) is 7.15. The molecule has 1 aliphatic rings. The number of ketones is 1. The molecule has 0 aliphatic carbocycles. The molecule has 22 heavy (non-hydrogen) atoms. The van der Waals surface area contributed by atoms with Crippen LogP contribution < -0.4 is 10.6 Å². The molecule has 0 spiro atoms. The molecule has 8 nitrogen and oxygen atoms in total. The third-order valence-corrected chi connectivity index (χ3v) is 3.51. The lowest BCUT2D eigenvalue weighted by atomic mass is 10.1. The first-order valence-electron chi connectivity index (χ1n) is 7.07. The zero-order chi connectivity index (χ0) is 17.0. The predicted molar refractivity (Wildman–Crippen MR) is 76.4 cm³/mol. The average Bonchev–Trinajstić information content (AvgIpc) is 2.65. The smallest absolute Gasteiger partial charge is 0.242 e. The van der Waals surface area contributed by atoms with Crippen LogP contribution in [-0.4, -0.2) is 52.9 Å². The lowest BCUT2D eigenvalue weighted by molar-refractivity contribution is -0.143. The number of rotatable bonds is 6. The molecule has 1 aliphatic heterocycles. The Balaban J connectivity index is 2.51. The molecule has 122 valence electrons. The first kappa shape index (κ1) is 17.8. The fourth-order valence-corrected chi connectivity index (χ4v) is 1.95. The maximum absolute atomic E-state index is 11.8. The fraction of sp³-hybridized carbons (Fsp3) is 0.643. The van der Waals surface area contributed by atoms with Crippen molar-refractivity contribution in [3.05, 3.63) is 0 Å². The zero-order valence-electron chi connectivity index (χ0n) is 13.1. The number of imide groups is 1. The highest BCUT2D eigenvalue weighted by Crippen LogP contribution is 2.17. The van der Waals surface area contributed by atoms with Crippen LogP contribution in [0.2, 0.25) is 0 Å². The van der Waals surface area contributed by atoms with E-state index < -0.39 is 42.3 Å². The average molecular weight is 311 g/mol. The summed E-state index contributed by atoms with van der Waals surface area (Å²) in [6, 6.07) is -1.52. The molecule has 3 atom stereocenters. The molecule has 1 rings (SSSR count). The highest BCUT2D eigenvalue weighted by molar-refractivity contribution is 6.06. The quantitative estimate of drug-likeness (QED) is 0.610. The summed E-state index contributed by atoms with van der Waals surface area (Å²) >= 11 is 0. The van der Waals surface area contributed by atoms with Crippen LogP contribution in [0.1, 0.15) is 34.1 Å². The minimum absolute atomic E-state index is 0.0955. The van der Waals surface area contributed by atoms with E-state index in [-0.39, 0.29) is 18.1 Å². The van der Waals surface area contributed by atoms with Crippen molar-refractivity contribution in [1.29, 1.82) is 0 Å². The molecule has 1 unspecified atom stereocenters. The number of hydrogen-bond acceptors (Lipinski definition) is 5. The molecule has 4 amide bonds. The molecule has 1 fully saturated rings. The molecular formula is C14H21N3O5. The van der Waals surface area contributed by atoms with E-state index in [1.165, 1.54) is 20.8 Å². The number of hydrogen-bond donors (Lipinski definition) is 2. The Labute approximate surface area is 128 Å². The summed E-state index contributed by atoms with van der Waals surface area (Å²) in [5, 5.41) is 4.85. The van der Waals surface area contributed by atoms with Gasteiger partial charge in [0.05, 0.1) is 6.04 Å². The number of carbonyl (C=O) groups is 5. The maximum Gasteiger partial charge on any atom is 0.242 e. The number of amides is 4. The Morgan fingerprint density at radius 1 is 1.18 bits per heavy atom. The number of Topliss-reactive ketones (excluding diaryl/α,β-unsaturated/α-hetero) is 1. The van der Waals surface area contributed by atoms with Gasteiger partial charge in [-0.25, -0.2) is 0 Å². The molecule has 0 aromatic rings. The zero-order valence-corrected chi connectivity index (χ0v) is 13.1. The van der Waals surface area contributed by atoms with Crippen LogP contribution in [0.25, 0.3) is 0 Å². The topological polar surface area (TPSA) is 113 Å². The van der Waals surface area contributed by atoms with Crippen LogP contribution in [0.4, 0.5) is 0 Å². The molecule has 2 N–H and O–H groups in total. The molecule has 0 radical (unpaired) electrons. The summed E-state index contributed by atoms with van der Waals surface area (Å²) in [5.74, 6) is -2.51. The van der Waals surface area contributed by atoms with E-state index in [4.69, 9.17) is 0 Å². The Kier molecular flexibility index (Phi) is 5.78. The van der Waals surface area contributed by atoms with Crippen molar-refractivity contribution in [2.24, 2.45) is 5.92 Å². The second-order valence-electron chi connectivity index (χ2n) is 5.55. The first-order chi connectivity index (χ1) is 10.1. The Bertz CT molecular complexity index is 517. The predicted octanol–water partition coefficient (Wildman–Crippen LogP) is -1.02. The molecule has 0 aromatic carbocycles. The van der Waals surface area contributed by atoms with E-state index in [1.54, 1.807) is 6.92 Å². The minimum Gasteiger partial charge on any atom is -0.345 e. The van der Waals surface area contributed by atoms with Gasteiger partial charge in [0.1, 0.15) is 12.6 Å². The van der Waals surface area contributed by atoms with Crippen LogP contribution in [-0.2, 0) is 24.0 Å². The van der Waals surface area contributed by atoms with Gasteiger partial charge in [0.25, 0.3) is 0 Å². The Hall–Kier alpha value is -2.25. The van der Waals surface area contributed by atoms with Gasteiger partial charge in [-0.2, -0.15) is 0 Å². The van der Waals surface area contributed by atoms with E-state index >= 15 is 0 Å². The summed E-state index contributed by atoms with van der Waals surface area (Å²) < 4.78 is 0. The summed E-state index contributed by atoms with van der Waals surface area (Å²) in [5.41, 5.74) is 0. The number of likely N-dealkylation sites (tertiary alicyclic amines) is 1. The van der Waals surface area contributed by atoms with Gasteiger partial charge in [-0.3, -0.25) is 28.9 Å². The van der Waals surface area contributed by atoms with Crippen LogP contribution in [0.5, 0.6) is 0 Å². The van der Waals surface area contributed by atoms with Gasteiger partial charge in [0, 0.05) is 12.3 Å². The molecule has 1 heterocycles. The van der Waals surface area contributed by atoms with Crippen molar-refractivity contribution in [2.75, 3.05) is 6.54 Å². The highest BCUT2D eigenvalue weighted by atomic mass is 16.2. The molecule has 0 aromatic heterocycles. The lowest BCUT2D eigenvalue weighted by Gasteiger charge is -2.19. The monoisotopic (exact) mass is 311 g/mol. The Morgan fingerprint density at radius 2 is 1.77 bits per heavy atom. The van der Waals surface area contributed by atoms with E-state index in [0.29, 0.717) is 0 Å². The number of carbonyl (C=O) groups excluding carboxylic acids is 5. The molecule has 0 saturated carbocycles. The highest BCUT2D eigenvalue weighted by Gasteiger charge is 2.36. The summed E-state index contributed by atoms with van der Waals surface area (Å²) in [6.45, 7) is 5.56. The molecular weight excluding hydrogens is 290 g/mol. The van der Waals surface area contributed by atoms with Crippen LogP contribution >= 0.6 is 0 Å². The summed E-state index contributed by atoms with van der Waals surface area (Å²) in [4.78, 5) is 58.9. The third-order valence-electron chi connectivity index (χ3n) is 3.51. The van der Waals surface area contributed by atoms with Gasteiger partial charge in [-0.15, -0.1) is 0 Å². The number of nitrogens with one attached hydrogen (secondary N) is 2. The van der Waals surface area contributed by atoms with Crippen molar-refractivity contribution in [2.45, 2.75) is 46.2 Å². The normalized spacial score (nSPS) is 20.5. The SMILES string of the molecule is CC(=O)[C@H](C)NC(=O)[C@H](C)NC(=O)CN1C(=O)CC(C)C1=O. The van der Waals surface area contributed by atoms with E-state index in [9.17, 15) is 24.0 Å². The van der Waals surface area contributed by atoms with Gasteiger partial charge in [0.15, 0.2) is 5.78 Å². The molecule has 1 saturated heterocycles. The third kappa shape index (κ3) is 4.37. The minimum atomic E-state index is -0.875. The summed E-state index contributed by atoms with van der Waals surface area (Å²) in [7, 11) is 0. The van der Waals surface area contributed by atoms with Crippen molar-refractivity contribution in [3.63, 3.8) is 0 Å². The van der Waals surface area contributed by atoms with E-state index in [0.717, 1.165) is 4.90 Å². The second-order valence-corrected chi connectivity index (χ2v) is 5.55. The van der Waals surface area contributed by atoms with Crippen molar-refractivity contribution in [1.82, 2.24) is 15.5 Å². The van der Waals surface area contributed by atoms with Gasteiger partial charge < -0.3 is 10.6 Å². The molecule has 0 bridgehead atoms. The van der Waals surface area contributed by atoms with Crippen LogP contribution in [0, 0.1) is 5.92 Å². The van der Waals surface area contributed by atoms with E-state index in [1.807, 2.05) is 0 Å². The van der Waals surface area contributed by atoms with Crippen molar-refractivity contribution >= 4 is 29.4 Å². The van der Waals surface area contributed by atoms with Crippen LogP contribution in [0.15, 0.2) is 0 Å². The van der Waals surface area contributed by atoms with Crippen LogP contribution in [0.3, 0.4) is 0 Å². The standard InChI is InChI=1S/C14H21N3O5/c1-7-5-12(20)17(14(7)22)6-11(19)15-9(3)13(21)16-8(2)10(4)18/h7-9H,5-6H2,1-4H3,(H,15,19)(H,16,21)/t7?,8-,9-/m0/s1. The largest absolute Gasteiger partial charge is 0.345 e. The fourth-order valence-electron chi connectivity index (χ4n) is 1.95. The number of nitrogens with zero attached hydrogens (tertiary/aromatic N) is 1. The van der Waals surface area contributed by atoms with E-state index in [2.05, 4.69) is 10.6 Å². The Morgan fingerprint density at radius 3 is 2.23 bits per heavy atom. The van der Waals surface area contributed by atoms with Crippen molar-refractivity contribution < 1.29 is 24.0 Å². The van der Waals surface area contributed by atoms with Crippen molar-refractivity contribution in [3.8, 4) is 0 Å². The maximum atomic E-state index is 11.8. The molecule has 8 heteroatoms. The lowest BCUT2D eigenvalue weighted by Crippen LogP contribution is -2.51. The van der Waals surface area contributed by atoms with Gasteiger partial charge in [0.2, 0.25) is 23.6 Å². The van der Waals surface area contributed by atoms with Gasteiger partial charge in [-0.05, 0) is 20.8 Å². The van der Waals surface area contributed by atoms with Gasteiger partial charge >= 0.3 is 0 Å². The van der Waals surface area contributed by atoms with Gasteiger partial charge in [-0.1, -0.05) is 6.92 Å². The summed E-state index contributed by atoms with van der Waals surface area (Å²) in [6.07, 6.45) is 0.0955. The first-order valence-corrected chi connectivity index (χ1v) is 7.07.